The van der Waals surface area contributed by atoms with Crippen LogP contribution in [0.2, 0.25) is 0 Å². The number of carbonyl (C=O) groups is 1. The maximum atomic E-state index is 11.1. The van der Waals surface area contributed by atoms with Crippen LogP contribution in [0.4, 0.5) is 5.69 Å². The molecule has 138 valence electrons. The molecule has 2 aromatic carbocycles. The normalized spacial score (nSPS) is 17.7. The molecule has 0 aromatic heterocycles. The van der Waals surface area contributed by atoms with Gasteiger partial charge in [-0.2, -0.15) is 0 Å². The first-order chi connectivity index (χ1) is 12.6. The Morgan fingerprint density at radius 3 is 2.58 bits per heavy atom. The van der Waals surface area contributed by atoms with Crippen LogP contribution in [-0.4, -0.2) is 30.5 Å². The Morgan fingerprint density at radius 1 is 1.15 bits per heavy atom. The molecule has 1 heterocycles. The molecule has 0 bridgehead atoms. The third kappa shape index (κ3) is 5.60. The molecule has 1 aliphatic heterocycles. The smallest absolute Gasteiger partial charge is 0.221 e. The topological polar surface area (TPSA) is 41.6 Å². The second-order valence-electron chi connectivity index (χ2n) is 7.25. The number of carbonyl (C=O) groups excluding carboxylic acids is 1. The first kappa shape index (κ1) is 18.5. The van der Waals surface area contributed by atoms with Crippen molar-refractivity contribution in [1.29, 1.82) is 0 Å². The lowest BCUT2D eigenvalue weighted by Crippen LogP contribution is -2.37. The summed E-state index contributed by atoms with van der Waals surface area (Å²) in [6, 6.07) is 16.4. The molecule has 26 heavy (non-hydrogen) atoms. The van der Waals surface area contributed by atoms with Gasteiger partial charge in [0.15, 0.2) is 0 Å². The van der Waals surface area contributed by atoms with Gasteiger partial charge >= 0.3 is 0 Å². The maximum absolute atomic E-state index is 11.1. The van der Waals surface area contributed by atoms with E-state index in [0.29, 0.717) is 5.92 Å². The first-order valence-electron chi connectivity index (χ1n) is 9.37. The van der Waals surface area contributed by atoms with Crippen molar-refractivity contribution in [3.8, 4) is 5.75 Å². The van der Waals surface area contributed by atoms with Crippen LogP contribution in [-0.2, 0) is 11.3 Å². The molecule has 0 saturated carbocycles. The average Bonchev–Trinajstić information content (AvgIpc) is 2.63. The van der Waals surface area contributed by atoms with Crippen LogP contribution in [0.5, 0.6) is 5.75 Å². The second kappa shape index (κ2) is 8.86. The summed E-state index contributed by atoms with van der Waals surface area (Å²) >= 11 is 0. The van der Waals surface area contributed by atoms with E-state index in [1.54, 1.807) is 0 Å². The van der Waals surface area contributed by atoms with Gasteiger partial charge in [-0.3, -0.25) is 9.69 Å². The predicted molar refractivity (Wildman–Crippen MR) is 105 cm³/mol. The largest absolute Gasteiger partial charge is 0.493 e. The lowest BCUT2D eigenvalue weighted by molar-refractivity contribution is -0.114. The van der Waals surface area contributed by atoms with Gasteiger partial charge < -0.3 is 10.1 Å². The lowest BCUT2D eigenvalue weighted by atomic mass is 9.98. The summed E-state index contributed by atoms with van der Waals surface area (Å²) in [5, 5.41) is 2.81. The highest BCUT2D eigenvalue weighted by molar-refractivity contribution is 5.88. The van der Waals surface area contributed by atoms with E-state index in [1.807, 2.05) is 24.3 Å². The van der Waals surface area contributed by atoms with Gasteiger partial charge in [0.25, 0.3) is 0 Å². The van der Waals surface area contributed by atoms with Crippen molar-refractivity contribution in [2.24, 2.45) is 5.92 Å². The maximum Gasteiger partial charge on any atom is 0.221 e. The van der Waals surface area contributed by atoms with Gasteiger partial charge in [-0.05, 0) is 56.1 Å². The van der Waals surface area contributed by atoms with Crippen molar-refractivity contribution in [1.82, 2.24) is 4.90 Å². The molecule has 0 radical (unpaired) electrons. The predicted octanol–water partition coefficient (Wildman–Crippen LogP) is 4.24. The zero-order chi connectivity index (χ0) is 18.4. The van der Waals surface area contributed by atoms with Gasteiger partial charge in [-0.1, -0.05) is 29.8 Å². The molecular weight excluding hydrogens is 324 g/mol. The standard InChI is InChI=1S/C22H28N2O2/c1-17-5-11-22(12-6-17)26-16-20-4-3-13-24(15-20)14-19-7-9-21(10-8-19)23-18(2)25/h5-12,20H,3-4,13-16H2,1-2H3,(H,23,25)/t20-/m1/s1. The molecule has 2 aromatic rings. The summed E-state index contributed by atoms with van der Waals surface area (Å²) in [6.45, 7) is 7.54. The van der Waals surface area contributed by atoms with Crippen LogP contribution in [0.1, 0.15) is 30.9 Å². The van der Waals surface area contributed by atoms with Crippen molar-refractivity contribution < 1.29 is 9.53 Å². The number of nitrogens with zero attached hydrogens (tertiary/aromatic N) is 1. The van der Waals surface area contributed by atoms with Gasteiger partial charge in [0, 0.05) is 31.6 Å². The van der Waals surface area contributed by atoms with E-state index in [0.717, 1.165) is 37.7 Å². The molecule has 4 heteroatoms. The number of rotatable bonds is 6. The molecule has 0 unspecified atom stereocenters. The minimum atomic E-state index is -0.0369. The average molecular weight is 352 g/mol. The van der Waals surface area contributed by atoms with E-state index in [2.05, 4.69) is 41.4 Å². The summed E-state index contributed by atoms with van der Waals surface area (Å²) in [6.07, 6.45) is 2.44. The first-order valence-corrected chi connectivity index (χ1v) is 9.37. The summed E-state index contributed by atoms with van der Waals surface area (Å²) < 4.78 is 5.98. The van der Waals surface area contributed by atoms with E-state index in [9.17, 15) is 4.79 Å². The Morgan fingerprint density at radius 2 is 1.88 bits per heavy atom. The highest BCUT2D eigenvalue weighted by Crippen LogP contribution is 2.21. The summed E-state index contributed by atoms with van der Waals surface area (Å²) in [5.41, 5.74) is 3.38. The van der Waals surface area contributed by atoms with Gasteiger partial charge in [0.05, 0.1) is 6.61 Å². The van der Waals surface area contributed by atoms with Gasteiger partial charge in [0.2, 0.25) is 5.91 Å². The van der Waals surface area contributed by atoms with E-state index in [4.69, 9.17) is 4.74 Å². The van der Waals surface area contributed by atoms with E-state index < -0.39 is 0 Å². The van der Waals surface area contributed by atoms with Crippen LogP contribution in [0.25, 0.3) is 0 Å². The van der Waals surface area contributed by atoms with Crippen LogP contribution in [0.3, 0.4) is 0 Å². The number of aryl methyl sites for hydroxylation is 1. The molecule has 0 aliphatic carbocycles. The molecule has 1 saturated heterocycles. The minimum Gasteiger partial charge on any atom is -0.493 e. The van der Waals surface area contributed by atoms with Gasteiger partial charge in [0.1, 0.15) is 5.75 Å². The van der Waals surface area contributed by atoms with Crippen molar-refractivity contribution >= 4 is 11.6 Å². The third-order valence-electron chi connectivity index (χ3n) is 4.79. The number of ether oxygens (including phenoxy) is 1. The second-order valence-corrected chi connectivity index (χ2v) is 7.25. The molecule has 1 amide bonds. The Balaban J connectivity index is 1.48. The van der Waals surface area contributed by atoms with Gasteiger partial charge in [-0.15, -0.1) is 0 Å². The summed E-state index contributed by atoms with van der Waals surface area (Å²) in [7, 11) is 0. The van der Waals surface area contributed by atoms with Crippen LogP contribution in [0.15, 0.2) is 48.5 Å². The van der Waals surface area contributed by atoms with Gasteiger partial charge in [-0.25, -0.2) is 0 Å². The third-order valence-corrected chi connectivity index (χ3v) is 4.79. The molecule has 1 aliphatic rings. The Kier molecular flexibility index (Phi) is 6.29. The number of hydrogen-bond acceptors (Lipinski definition) is 3. The van der Waals surface area contributed by atoms with Crippen molar-refractivity contribution in [3.05, 3.63) is 59.7 Å². The fourth-order valence-electron chi connectivity index (χ4n) is 3.43. The quantitative estimate of drug-likeness (QED) is 0.845. The molecule has 1 atom stereocenters. The number of nitrogens with one attached hydrogen (secondary N) is 1. The number of likely N-dealkylation sites (tertiary alicyclic amines) is 1. The van der Waals surface area contributed by atoms with Crippen LogP contribution < -0.4 is 10.1 Å². The fourth-order valence-corrected chi connectivity index (χ4v) is 3.43. The molecule has 0 spiro atoms. The summed E-state index contributed by atoms with van der Waals surface area (Å²) in [5.74, 6) is 1.50. The Labute approximate surface area is 156 Å². The zero-order valence-electron chi connectivity index (χ0n) is 15.7. The number of anilines is 1. The molecule has 1 N–H and O–H groups in total. The molecule has 3 rings (SSSR count). The van der Waals surface area contributed by atoms with Crippen molar-refractivity contribution in [2.45, 2.75) is 33.2 Å². The number of amides is 1. The van der Waals surface area contributed by atoms with E-state index in [-0.39, 0.29) is 5.91 Å². The molecule has 4 nitrogen and oxygen atoms in total. The molecule has 1 fully saturated rings. The fraction of sp³-hybridized carbons (Fsp3) is 0.409. The number of hydrogen-bond donors (Lipinski definition) is 1. The zero-order valence-corrected chi connectivity index (χ0v) is 15.7. The monoisotopic (exact) mass is 352 g/mol. The van der Waals surface area contributed by atoms with Crippen LogP contribution >= 0.6 is 0 Å². The lowest BCUT2D eigenvalue weighted by Gasteiger charge is -2.32. The SMILES string of the molecule is CC(=O)Nc1ccc(CN2CCC[C@@H](COc3ccc(C)cc3)C2)cc1. The van der Waals surface area contributed by atoms with Crippen molar-refractivity contribution in [3.63, 3.8) is 0 Å². The Bertz CT molecular complexity index is 710. The van der Waals surface area contributed by atoms with E-state index in [1.165, 1.54) is 30.9 Å². The summed E-state index contributed by atoms with van der Waals surface area (Å²) in [4.78, 5) is 13.6. The minimum absolute atomic E-state index is 0.0369. The number of benzene rings is 2. The highest BCUT2D eigenvalue weighted by Gasteiger charge is 2.20. The van der Waals surface area contributed by atoms with E-state index >= 15 is 0 Å². The van der Waals surface area contributed by atoms with Crippen LogP contribution in [0, 0.1) is 12.8 Å². The Hall–Kier alpha value is -2.33. The van der Waals surface area contributed by atoms with Crippen molar-refractivity contribution in [2.75, 3.05) is 25.0 Å². The highest BCUT2D eigenvalue weighted by atomic mass is 16.5. The number of piperidine rings is 1. The molecular formula is C22H28N2O2.